The van der Waals surface area contributed by atoms with E-state index in [2.05, 4.69) is 29.6 Å². The van der Waals surface area contributed by atoms with E-state index >= 15 is 0 Å². The number of nitrogens with two attached hydrogens (primary N) is 2. The molecule has 0 spiro atoms. The molecule has 0 aliphatic carbocycles. The number of fused-ring (bicyclic) bond motifs is 1. The minimum Gasteiger partial charge on any atom is -0.497 e. The first-order chi connectivity index (χ1) is 23.7. The number of hydrogen-bond acceptors (Lipinski definition) is 14. The fraction of sp³-hybridized carbons (Fsp3) is 0.324. The van der Waals surface area contributed by atoms with Crippen LogP contribution in [0.1, 0.15) is 69.7 Å². The largest absolute Gasteiger partial charge is 0.497 e. The number of esters is 3. The van der Waals surface area contributed by atoms with E-state index in [1.165, 1.54) is 33.2 Å². The molecule has 260 valence electrons. The number of nitrogen functional groups attached to an aromatic ring is 2. The van der Waals surface area contributed by atoms with Crippen LogP contribution in [0.4, 0.5) is 23.3 Å². The molecule has 2 aromatic heterocycles. The summed E-state index contributed by atoms with van der Waals surface area (Å²) in [5.74, 6) is -1.72. The number of carbonyl (C=O) groups is 3. The Balaban J connectivity index is 0.000000335. The van der Waals surface area contributed by atoms with Gasteiger partial charge >= 0.3 is 29.5 Å². The van der Waals surface area contributed by atoms with Gasteiger partial charge in [-0.15, -0.1) is 9.97 Å². The van der Waals surface area contributed by atoms with E-state index in [0.29, 0.717) is 0 Å². The maximum Gasteiger partial charge on any atom is 0.313 e. The molecule has 0 amide bonds. The molecule has 4 aromatic rings. The van der Waals surface area contributed by atoms with E-state index in [1.54, 1.807) is 21.0 Å². The van der Waals surface area contributed by atoms with Crippen molar-refractivity contribution in [2.45, 2.75) is 65.0 Å². The SMILES string of the molecule is [C-]#[N+]c1nc([C@@H](OC(C)=O)[C@@H](C)O)cnc1N.[C-]#[N+]c1nc([C@@H](OC(C)=O)[C@H](C)OC(=O)[C@@H](C)c2ccc3cc(OC)ccc3c2)cnc1N. The van der Waals surface area contributed by atoms with Crippen molar-refractivity contribution < 1.29 is 38.4 Å². The number of rotatable bonds is 10. The summed E-state index contributed by atoms with van der Waals surface area (Å²) in [6, 6.07) is 11.4. The zero-order valence-corrected chi connectivity index (χ0v) is 28.1. The highest BCUT2D eigenvalue weighted by Gasteiger charge is 2.32. The molecule has 5 N–H and O–H groups in total. The Morgan fingerprint density at radius 1 is 0.780 bits per heavy atom. The smallest absolute Gasteiger partial charge is 0.313 e. The Bertz CT molecular complexity index is 1960. The van der Waals surface area contributed by atoms with Gasteiger partial charge in [0.15, 0.2) is 17.5 Å². The van der Waals surface area contributed by atoms with Crippen molar-refractivity contribution in [3.63, 3.8) is 0 Å². The Kier molecular flexibility index (Phi) is 13.0. The molecule has 4 rings (SSSR count). The monoisotopic (exact) mass is 684 g/mol. The molecular formula is C34H36N8O8. The number of ether oxygens (including phenoxy) is 4. The van der Waals surface area contributed by atoms with E-state index < -0.39 is 48.2 Å². The number of anilines is 2. The van der Waals surface area contributed by atoms with Crippen molar-refractivity contribution in [1.82, 2.24) is 19.9 Å². The first-order valence-corrected chi connectivity index (χ1v) is 15.0. The van der Waals surface area contributed by atoms with Crippen molar-refractivity contribution in [2.75, 3.05) is 18.6 Å². The molecular weight excluding hydrogens is 648 g/mol. The number of nitrogens with zero attached hydrogens (tertiary/aromatic N) is 6. The lowest BCUT2D eigenvalue weighted by Gasteiger charge is -2.23. The average molecular weight is 685 g/mol. The highest BCUT2D eigenvalue weighted by molar-refractivity contribution is 5.87. The summed E-state index contributed by atoms with van der Waals surface area (Å²) in [7, 11) is 1.61. The Hall–Kier alpha value is -6.39. The van der Waals surface area contributed by atoms with Crippen LogP contribution in [0.2, 0.25) is 0 Å². The molecule has 0 aliphatic heterocycles. The third-order valence-corrected chi connectivity index (χ3v) is 7.07. The topological polar surface area (TPSA) is 221 Å². The molecule has 0 saturated carbocycles. The summed E-state index contributed by atoms with van der Waals surface area (Å²) in [5, 5.41) is 11.4. The van der Waals surface area contributed by atoms with Gasteiger partial charge < -0.3 is 45.2 Å². The highest BCUT2D eigenvalue weighted by atomic mass is 16.6. The Morgan fingerprint density at radius 2 is 1.28 bits per heavy atom. The quantitative estimate of drug-likeness (QED) is 0.117. The molecule has 0 radical (unpaired) electrons. The summed E-state index contributed by atoms with van der Waals surface area (Å²) >= 11 is 0. The number of aromatic nitrogens is 4. The first kappa shape index (κ1) is 38.1. The lowest BCUT2D eigenvalue weighted by Crippen LogP contribution is -2.28. The molecule has 16 heteroatoms. The van der Waals surface area contributed by atoms with Crippen molar-refractivity contribution >= 4 is 52.0 Å². The first-order valence-electron chi connectivity index (χ1n) is 15.0. The van der Waals surface area contributed by atoms with E-state index in [1.807, 2.05) is 36.4 Å². The van der Waals surface area contributed by atoms with Crippen LogP contribution in [-0.2, 0) is 28.6 Å². The molecule has 0 saturated heterocycles. The van der Waals surface area contributed by atoms with Crippen LogP contribution in [0.3, 0.4) is 0 Å². The van der Waals surface area contributed by atoms with Gasteiger partial charge in [0.05, 0.1) is 31.5 Å². The van der Waals surface area contributed by atoms with Crippen LogP contribution in [0.25, 0.3) is 20.5 Å². The predicted molar refractivity (Wildman–Crippen MR) is 181 cm³/mol. The molecule has 2 aromatic carbocycles. The van der Waals surface area contributed by atoms with Gasteiger partial charge in [-0.2, -0.15) is 0 Å². The fourth-order valence-electron chi connectivity index (χ4n) is 4.52. The van der Waals surface area contributed by atoms with Gasteiger partial charge in [-0.05, 0) is 49.2 Å². The zero-order valence-electron chi connectivity index (χ0n) is 28.1. The van der Waals surface area contributed by atoms with Gasteiger partial charge in [-0.1, -0.05) is 37.4 Å². The second kappa shape index (κ2) is 17.1. The van der Waals surface area contributed by atoms with Crippen LogP contribution in [-0.4, -0.2) is 62.3 Å². The zero-order chi connectivity index (χ0) is 37.1. The maximum absolute atomic E-state index is 12.9. The van der Waals surface area contributed by atoms with Crippen LogP contribution >= 0.6 is 0 Å². The average Bonchev–Trinajstić information content (AvgIpc) is 3.09. The fourth-order valence-corrected chi connectivity index (χ4v) is 4.52. The van der Waals surface area contributed by atoms with Crippen LogP contribution in [0, 0.1) is 13.1 Å². The maximum atomic E-state index is 12.9. The number of aliphatic hydroxyl groups excluding tert-OH is 1. The lowest BCUT2D eigenvalue weighted by molar-refractivity contribution is -0.167. The lowest BCUT2D eigenvalue weighted by atomic mass is 9.97. The van der Waals surface area contributed by atoms with E-state index in [4.69, 9.17) is 43.6 Å². The molecule has 0 unspecified atom stereocenters. The second-order valence-electron chi connectivity index (χ2n) is 10.9. The number of methoxy groups -OCH3 is 1. The van der Waals surface area contributed by atoms with Crippen molar-refractivity contribution in [2.24, 2.45) is 0 Å². The third-order valence-electron chi connectivity index (χ3n) is 7.07. The molecule has 5 atom stereocenters. The Morgan fingerprint density at radius 3 is 1.78 bits per heavy atom. The second-order valence-corrected chi connectivity index (χ2v) is 10.9. The standard InChI is InChI=1S/C24H24N4O5.C10H12N4O3/c1-13(16-6-7-18-11-19(31-5)9-8-17(18)10-16)24(30)32-14(2)21(33-15(3)29)20-12-27-22(25)23(26-4)28-20;1-5(15)8(17-6(2)16)7-4-13-9(11)10(12-3)14-7/h6-14,21H,1-3,5H3,(H2,25,27);4-5,8,15H,1-2H3,(H2,11,13)/t13-,14-,21-;5-,8+/m01/s1. The minimum atomic E-state index is -1.05. The third kappa shape index (κ3) is 9.82. The van der Waals surface area contributed by atoms with Gasteiger partial charge in [0, 0.05) is 13.8 Å². The number of benzene rings is 2. The van der Waals surface area contributed by atoms with Gasteiger partial charge in [0.2, 0.25) is 6.10 Å². The molecule has 50 heavy (non-hydrogen) atoms. The molecule has 0 aliphatic rings. The Labute approximate surface area is 288 Å². The highest BCUT2D eigenvalue weighted by Crippen LogP contribution is 2.30. The van der Waals surface area contributed by atoms with Gasteiger partial charge in [-0.25, -0.2) is 9.97 Å². The normalized spacial score (nSPS) is 13.5. The number of carbonyl (C=O) groups excluding carboxylic acids is 3. The van der Waals surface area contributed by atoms with Crippen molar-refractivity contribution in [1.29, 1.82) is 0 Å². The van der Waals surface area contributed by atoms with Crippen molar-refractivity contribution in [3.8, 4) is 5.75 Å². The van der Waals surface area contributed by atoms with Gasteiger partial charge in [-0.3, -0.25) is 14.4 Å². The molecule has 0 fully saturated rings. The number of aliphatic hydroxyl groups is 1. The molecule has 16 nitrogen and oxygen atoms in total. The summed E-state index contributed by atoms with van der Waals surface area (Å²) in [6.07, 6.45) is -1.29. The number of hydrogen-bond donors (Lipinski definition) is 3. The van der Waals surface area contributed by atoms with Crippen LogP contribution in [0.5, 0.6) is 5.75 Å². The van der Waals surface area contributed by atoms with E-state index in [9.17, 15) is 19.5 Å². The van der Waals surface area contributed by atoms with Crippen LogP contribution < -0.4 is 16.2 Å². The predicted octanol–water partition coefficient (Wildman–Crippen LogP) is 4.71. The van der Waals surface area contributed by atoms with E-state index in [-0.39, 0.29) is 34.7 Å². The summed E-state index contributed by atoms with van der Waals surface area (Å²) in [6.45, 7) is 21.2. The van der Waals surface area contributed by atoms with E-state index in [0.717, 1.165) is 22.1 Å². The summed E-state index contributed by atoms with van der Waals surface area (Å²) in [4.78, 5) is 57.4. The summed E-state index contributed by atoms with van der Waals surface area (Å²) in [5.41, 5.74) is 12.2. The summed E-state index contributed by atoms with van der Waals surface area (Å²) < 4.78 is 21.1. The van der Waals surface area contributed by atoms with Gasteiger partial charge in [0.1, 0.15) is 23.5 Å². The molecule has 2 heterocycles. The van der Waals surface area contributed by atoms with Crippen molar-refractivity contribution in [3.05, 3.63) is 88.6 Å². The van der Waals surface area contributed by atoms with Gasteiger partial charge in [0.25, 0.3) is 0 Å². The molecule has 0 bridgehead atoms. The van der Waals surface area contributed by atoms with Crippen LogP contribution in [0.15, 0.2) is 48.8 Å². The minimum absolute atomic E-state index is 0.00378.